The van der Waals surface area contributed by atoms with E-state index in [9.17, 15) is 8.42 Å². The zero-order valence-corrected chi connectivity index (χ0v) is 12.8. The molecule has 1 aromatic carbocycles. The van der Waals surface area contributed by atoms with Crippen molar-refractivity contribution in [3.8, 4) is 0 Å². The summed E-state index contributed by atoms with van der Waals surface area (Å²) < 4.78 is 27.6. The van der Waals surface area contributed by atoms with E-state index in [-0.39, 0.29) is 5.75 Å². The van der Waals surface area contributed by atoms with Gasteiger partial charge < -0.3 is 5.73 Å². The first-order chi connectivity index (χ1) is 9.45. The maximum atomic E-state index is 12.4. The lowest BCUT2D eigenvalue weighted by Crippen LogP contribution is -2.56. The lowest BCUT2D eigenvalue weighted by Gasteiger charge is -2.39. The van der Waals surface area contributed by atoms with Gasteiger partial charge in [0.2, 0.25) is 10.0 Å². The Morgan fingerprint density at radius 2 is 2.05 bits per heavy atom. The van der Waals surface area contributed by atoms with Crippen LogP contribution in [0.25, 0.3) is 0 Å². The molecule has 0 radical (unpaired) electrons. The standard InChI is InChI=1S/C15H24N2O2S/c1-13-6-5-9-15(10-13,12-16)17-20(18,19)11-14-7-3-2-4-8-14/h2-4,7-8,13,17H,5-6,9-12,16H2,1H3. The second-order valence-electron chi connectivity index (χ2n) is 6.03. The summed E-state index contributed by atoms with van der Waals surface area (Å²) >= 11 is 0. The molecule has 1 aromatic rings. The predicted molar refractivity (Wildman–Crippen MR) is 81.6 cm³/mol. The van der Waals surface area contributed by atoms with E-state index in [1.807, 2.05) is 30.3 Å². The van der Waals surface area contributed by atoms with Crippen LogP contribution in [0.15, 0.2) is 30.3 Å². The van der Waals surface area contributed by atoms with E-state index in [1.54, 1.807) is 0 Å². The van der Waals surface area contributed by atoms with Crippen LogP contribution in [0.1, 0.15) is 38.2 Å². The molecule has 1 saturated carbocycles. The molecule has 2 rings (SSSR count). The minimum atomic E-state index is -3.36. The fourth-order valence-electron chi connectivity index (χ4n) is 3.14. The fraction of sp³-hybridized carbons (Fsp3) is 0.600. The normalized spacial score (nSPS) is 27.4. The number of hydrogen-bond donors (Lipinski definition) is 2. The van der Waals surface area contributed by atoms with Crippen molar-refractivity contribution in [2.75, 3.05) is 6.54 Å². The molecular weight excluding hydrogens is 272 g/mol. The third-order valence-electron chi connectivity index (χ3n) is 4.05. The molecule has 0 bridgehead atoms. The summed E-state index contributed by atoms with van der Waals surface area (Å²) in [5, 5.41) is 0. The first-order valence-electron chi connectivity index (χ1n) is 7.20. The smallest absolute Gasteiger partial charge is 0.216 e. The lowest BCUT2D eigenvalue weighted by atomic mass is 9.77. The van der Waals surface area contributed by atoms with E-state index in [4.69, 9.17) is 5.73 Å². The molecule has 2 atom stereocenters. The third kappa shape index (κ3) is 4.04. The van der Waals surface area contributed by atoms with Crippen LogP contribution in [0.3, 0.4) is 0 Å². The zero-order valence-electron chi connectivity index (χ0n) is 12.0. The summed E-state index contributed by atoms with van der Waals surface area (Å²) in [6.45, 7) is 2.53. The van der Waals surface area contributed by atoms with Gasteiger partial charge in [0.05, 0.1) is 5.75 Å². The van der Waals surface area contributed by atoms with Gasteiger partial charge in [0.15, 0.2) is 0 Å². The Morgan fingerprint density at radius 1 is 1.35 bits per heavy atom. The fourth-order valence-corrected chi connectivity index (χ4v) is 4.77. The molecule has 0 amide bonds. The van der Waals surface area contributed by atoms with Crippen molar-refractivity contribution < 1.29 is 8.42 Å². The van der Waals surface area contributed by atoms with E-state index >= 15 is 0 Å². The van der Waals surface area contributed by atoms with Gasteiger partial charge in [-0.15, -0.1) is 0 Å². The molecule has 112 valence electrons. The van der Waals surface area contributed by atoms with Crippen LogP contribution in [0.4, 0.5) is 0 Å². The van der Waals surface area contributed by atoms with Crippen molar-refractivity contribution in [2.45, 2.75) is 43.9 Å². The molecule has 1 aliphatic rings. The van der Waals surface area contributed by atoms with Crippen molar-refractivity contribution in [1.29, 1.82) is 0 Å². The highest BCUT2D eigenvalue weighted by molar-refractivity contribution is 7.88. The van der Waals surface area contributed by atoms with Gasteiger partial charge in [-0.05, 0) is 24.3 Å². The SMILES string of the molecule is CC1CCCC(CN)(NS(=O)(=O)Cc2ccccc2)C1. The molecule has 2 unspecified atom stereocenters. The molecule has 0 heterocycles. The number of rotatable bonds is 5. The summed E-state index contributed by atoms with van der Waals surface area (Å²) in [5.41, 5.74) is 6.22. The van der Waals surface area contributed by atoms with Crippen molar-refractivity contribution in [3.05, 3.63) is 35.9 Å². The third-order valence-corrected chi connectivity index (χ3v) is 5.51. The Kier molecular flexibility index (Phi) is 4.83. The minimum Gasteiger partial charge on any atom is -0.329 e. The van der Waals surface area contributed by atoms with Gasteiger partial charge >= 0.3 is 0 Å². The van der Waals surface area contributed by atoms with E-state index in [2.05, 4.69) is 11.6 Å². The summed E-state index contributed by atoms with van der Waals surface area (Å²) in [4.78, 5) is 0. The molecule has 4 nitrogen and oxygen atoms in total. The van der Waals surface area contributed by atoms with E-state index < -0.39 is 15.6 Å². The van der Waals surface area contributed by atoms with E-state index in [1.165, 1.54) is 0 Å². The first-order valence-corrected chi connectivity index (χ1v) is 8.86. The van der Waals surface area contributed by atoms with Gasteiger partial charge in [0, 0.05) is 12.1 Å². The van der Waals surface area contributed by atoms with Gasteiger partial charge in [-0.25, -0.2) is 13.1 Å². The van der Waals surface area contributed by atoms with Crippen molar-refractivity contribution in [3.63, 3.8) is 0 Å². The monoisotopic (exact) mass is 296 g/mol. The van der Waals surface area contributed by atoms with Gasteiger partial charge in [0.1, 0.15) is 0 Å². The molecular formula is C15H24N2O2S. The molecule has 0 saturated heterocycles. The predicted octanol–water partition coefficient (Wildman–Crippen LogP) is 2.01. The number of hydrogen-bond acceptors (Lipinski definition) is 3. The summed E-state index contributed by atoms with van der Waals surface area (Å²) in [6, 6.07) is 9.25. The van der Waals surface area contributed by atoms with Crippen LogP contribution in [-0.2, 0) is 15.8 Å². The summed E-state index contributed by atoms with van der Waals surface area (Å²) in [6.07, 6.45) is 3.85. The highest BCUT2D eigenvalue weighted by Gasteiger charge is 2.37. The highest BCUT2D eigenvalue weighted by Crippen LogP contribution is 2.32. The number of nitrogens with two attached hydrogens (primary N) is 1. The summed E-state index contributed by atoms with van der Waals surface area (Å²) in [7, 11) is -3.36. The highest BCUT2D eigenvalue weighted by atomic mass is 32.2. The molecule has 3 N–H and O–H groups in total. The van der Waals surface area contributed by atoms with Gasteiger partial charge in [0.25, 0.3) is 0 Å². The average molecular weight is 296 g/mol. The Bertz CT molecular complexity index is 530. The number of sulfonamides is 1. The quantitative estimate of drug-likeness (QED) is 0.873. The molecule has 20 heavy (non-hydrogen) atoms. The second kappa shape index (κ2) is 6.24. The average Bonchev–Trinajstić information content (AvgIpc) is 2.38. The van der Waals surface area contributed by atoms with Gasteiger partial charge in [-0.3, -0.25) is 0 Å². The molecule has 0 spiro atoms. The van der Waals surface area contributed by atoms with Crippen LogP contribution < -0.4 is 10.5 Å². The van der Waals surface area contributed by atoms with E-state index in [0.29, 0.717) is 12.5 Å². The van der Waals surface area contributed by atoms with Crippen molar-refractivity contribution in [2.24, 2.45) is 11.7 Å². The number of nitrogens with one attached hydrogen (secondary N) is 1. The number of benzene rings is 1. The lowest BCUT2D eigenvalue weighted by molar-refractivity contribution is 0.223. The zero-order chi connectivity index (χ0) is 14.6. The topological polar surface area (TPSA) is 72.2 Å². The molecule has 1 fully saturated rings. The van der Waals surface area contributed by atoms with E-state index in [0.717, 1.165) is 31.2 Å². The maximum Gasteiger partial charge on any atom is 0.216 e. The molecule has 0 aromatic heterocycles. The Labute approximate surface area is 121 Å². The Morgan fingerprint density at radius 3 is 2.65 bits per heavy atom. The van der Waals surface area contributed by atoms with Crippen LogP contribution in [0.5, 0.6) is 0 Å². The Balaban J connectivity index is 2.10. The maximum absolute atomic E-state index is 12.4. The summed E-state index contributed by atoms with van der Waals surface area (Å²) in [5.74, 6) is 0.538. The van der Waals surface area contributed by atoms with Crippen LogP contribution in [0, 0.1) is 5.92 Å². The van der Waals surface area contributed by atoms with Crippen LogP contribution in [-0.4, -0.2) is 20.5 Å². The van der Waals surface area contributed by atoms with Crippen LogP contribution in [0.2, 0.25) is 0 Å². The molecule has 5 heteroatoms. The van der Waals surface area contributed by atoms with Gasteiger partial charge in [-0.2, -0.15) is 0 Å². The molecule has 0 aliphatic heterocycles. The van der Waals surface area contributed by atoms with Crippen molar-refractivity contribution >= 4 is 10.0 Å². The largest absolute Gasteiger partial charge is 0.329 e. The molecule has 1 aliphatic carbocycles. The minimum absolute atomic E-state index is 0.0178. The first kappa shape index (κ1) is 15.5. The van der Waals surface area contributed by atoms with Crippen LogP contribution >= 0.6 is 0 Å². The van der Waals surface area contributed by atoms with Gasteiger partial charge in [-0.1, -0.05) is 50.1 Å². The Hall–Kier alpha value is -0.910. The second-order valence-corrected chi connectivity index (χ2v) is 7.76. The van der Waals surface area contributed by atoms with Crippen molar-refractivity contribution in [1.82, 2.24) is 4.72 Å².